The minimum atomic E-state index is -2.01. The molecule has 7 nitrogen and oxygen atoms in total. The van der Waals surface area contributed by atoms with Crippen LogP contribution < -0.4 is 5.32 Å². The number of allylic oxidation sites excluding steroid dienone is 1. The number of hydrogen-bond donors (Lipinski definition) is 3. The van der Waals surface area contributed by atoms with E-state index < -0.39 is 28.1 Å². The largest absolute Gasteiger partial charge is 0.515 e. The van der Waals surface area contributed by atoms with Gasteiger partial charge >= 0.3 is 6.09 Å². The zero-order valence-corrected chi connectivity index (χ0v) is 30.6. The van der Waals surface area contributed by atoms with E-state index in [4.69, 9.17) is 8.85 Å². The van der Waals surface area contributed by atoms with Crippen LogP contribution in [0.5, 0.6) is 0 Å². The average molecular weight is 624 g/mol. The molecule has 7 atom stereocenters. The predicted octanol–water partition coefficient (Wildman–Crippen LogP) is 8.54. The molecule has 9 heteroatoms. The van der Waals surface area contributed by atoms with Gasteiger partial charge in [0, 0.05) is 30.2 Å². The van der Waals surface area contributed by atoms with Crippen LogP contribution in [0.4, 0.5) is 4.79 Å². The van der Waals surface area contributed by atoms with Crippen LogP contribution in [0.25, 0.3) is 0 Å². The third-order valence-electron chi connectivity index (χ3n) is 12.8. The van der Waals surface area contributed by atoms with Gasteiger partial charge in [0.05, 0.1) is 6.26 Å². The summed E-state index contributed by atoms with van der Waals surface area (Å²) in [5.74, 6) is 0.522. The minimum Gasteiger partial charge on any atom is -0.515 e. The fourth-order valence-electron chi connectivity index (χ4n) is 7.74. The van der Waals surface area contributed by atoms with Crippen LogP contribution in [-0.4, -0.2) is 58.0 Å². The molecular formula is C33H61NO6Si2. The van der Waals surface area contributed by atoms with Gasteiger partial charge in [0.25, 0.3) is 0 Å². The van der Waals surface area contributed by atoms with E-state index in [1.807, 2.05) is 6.92 Å². The molecule has 0 aromatic heterocycles. The second-order valence-corrected chi connectivity index (χ2v) is 26.8. The van der Waals surface area contributed by atoms with Crippen LogP contribution in [0.3, 0.4) is 0 Å². The monoisotopic (exact) mass is 623 g/mol. The Kier molecular flexibility index (Phi) is 10.1. The number of rotatable bonds is 8. The molecule has 3 aliphatic rings. The summed E-state index contributed by atoms with van der Waals surface area (Å²) in [6.45, 7) is 28.5. The zero-order chi connectivity index (χ0) is 32.1. The lowest BCUT2D eigenvalue weighted by molar-refractivity contribution is -0.133. The Morgan fingerprint density at radius 3 is 2.12 bits per heavy atom. The van der Waals surface area contributed by atoms with E-state index in [2.05, 4.69) is 80.0 Å². The highest BCUT2D eigenvalue weighted by molar-refractivity contribution is 6.74. The van der Waals surface area contributed by atoms with Crippen molar-refractivity contribution >= 4 is 28.5 Å². The Hall–Kier alpha value is -1.17. The number of fused-ring (bicyclic) bond motifs is 1. The van der Waals surface area contributed by atoms with Crippen LogP contribution in [0, 0.1) is 34.5 Å². The molecule has 0 heterocycles. The molecule has 3 rings (SSSR count). The zero-order valence-electron chi connectivity index (χ0n) is 28.6. The molecule has 3 aliphatic carbocycles. The van der Waals surface area contributed by atoms with Gasteiger partial charge in [-0.05, 0) is 104 Å². The third-order valence-corrected chi connectivity index (χ3v) is 21.8. The highest BCUT2D eigenvalue weighted by atomic mass is 28.4. The average Bonchev–Trinajstić information content (AvgIpc) is 3.11. The lowest BCUT2D eigenvalue weighted by Crippen LogP contribution is -2.56. The van der Waals surface area contributed by atoms with Crippen molar-refractivity contribution in [2.45, 2.75) is 136 Å². The second kappa shape index (κ2) is 12.0. The predicted molar refractivity (Wildman–Crippen MR) is 175 cm³/mol. The maximum Gasteiger partial charge on any atom is 0.404 e. The van der Waals surface area contributed by atoms with Crippen LogP contribution in [0.15, 0.2) is 11.8 Å². The first-order chi connectivity index (χ1) is 19.0. The summed E-state index contributed by atoms with van der Waals surface area (Å²) < 4.78 is 14.0. The lowest BCUT2D eigenvalue weighted by Gasteiger charge is -2.57. The van der Waals surface area contributed by atoms with Crippen molar-refractivity contribution in [3.63, 3.8) is 0 Å². The van der Waals surface area contributed by atoms with Gasteiger partial charge in [-0.1, -0.05) is 55.4 Å². The number of carbonyl (C=O) groups is 2. The first kappa shape index (κ1) is 35.3. The topological polar surface area (TPSA) is 105 Å². The standard InChI is InChI=1S/C33H61NO6Si2/c1-30(2,3)41(9,10)39-21-23-18-24(40-42(11,12)31(4,5)6)13-15-32(23,7)26-14-16-33(8)27(17-22(20-35)28(33)36)25(26)19-34-29(37)38/h20,23-27,34-35H,13-19,21H2,1-12H3,(H,37,38)/t23-,24+,25-,26+,27+,32+,33+/m1/s1. The van der Waals surface area contributed by atoms with Gasteiger partial charge in [-0.25, -0.2) is 4.79 Å². The molecule has 42 heavy (non-hydrogen) atoms. The molecule has 3 fully saturated rings. The van der Waals surface area contributed by atoms with Crippen LogP contribution >= 0.6 is 0 Å². The van der Waals surface area contributed by atoms with Crippen LogP contribution in [0.2, 0.25) is 36.3 Å². The Labute approximate surface area is 257 Å². The van der Waals surface area contributed by atoms with Gasteiger partial charge in [0.1, 0.15) is 0 Å². The molecule has 0 saturated heterocycles. The smallest absolute Gasteiger partial charge is 0.404 e. The van der Waals surface area contributed by atoms with Crippen molar-refractivity contribution < 1.29 is 28.7 Å². The van der Waals surface area contributed by atoms with Crippen LogP contribution in [0.1, 0.15) is 93.9 Å². The number of ketones is 1. The second-order valence-electron chi connectivity index (χ2n) is 17.3. The van der Waals surface area contributed by atoms with E-state index in [1.165, 1.54) is 0 Å². The molecule has 0 aliphatic heterocycles. The maximum atomic E-state index is 13.4. The van der Waals surface area contributed by atoms with Gasteiger partial charge < -0.3 is 24.4 Å². The van der Waals surface area contributed by atoms with E-state index in [1.54, 1.807) is 0 Å². The summed E-state index contributed by atoms with van der Waals surface area (Å²) in [6.07, 6.45) is 5.20. The van der Waals surface area contributed by atoms with Gasteiger partial charge in [-0.2, -0.15) is 0 Å². The van der Waals surface area contributed by atoms with Crippen molar-refractivity contribution in [2.24, 2.45) is 34.5 Å². The van der Waals surface area contributed by atoms with E-state index in [0.717, 1.165) is 38.4 Å². The molecular weight excluding hydrogens is 563 g/mol. The minimum absolute atomic E-state index is 0.000481. The first-order valence-corrected chi connectivity index (χ1v) is 22.0. The SMILES string of the molecule is CC(C)(C)[Si](C)(C)OC[C@H]1C[C@@H](O[Si](C)(C)C(C)(C)C)CC[C@]1(C)[C@H]1CC[C@]2(C)C(=O)C(=CO)C[C@H]2[C@@H]1CNC(=O)O. The number of aliphatic hydroxyl groups is 1. The fourth-order valence-corrected chi connectivity index (χ4v) is 10.2. The number of nitrogens with one attached hydrogen (secondary N) is 1. The molecule has 3 saturated carbocycles. The number of carbonyl (C=O) groups excluding carboxylic acids is 1. The van der Waals surface area contributed by atoms with Crippen molar-refractivity contribution in [1.82, 2.24) is 5.32 Å². The van der Waals surface area contributed by atoms with Crippen LogP contribution in [-0.2, 0) is 13.6 Å². The van der Waals surface area contributed by atoms with Gasteiger partial charge in [-0.15, -0.1) is 0 Å². The Morgan fingerprint density at radius 1 is 1.00 bits per heavy atom. The summed E-state index contributed by atoms with van der Waals surface area (Å²) in [5.41, 5.74) is -0.170. The van der Waals surface area contributed by atoms with E-state index in [-0.39, 0.29) is 51.1 Å². The van der Waals surface area contributed by atoms with Crippen molar-refractivity contribution in [2.75, 3.05) is 13.2 Å². The lowest BCUT2D eigenvalue weighted by atomic mass is 9.49. The van der Waals surface area contributed by atoms with Gasteiger partial charge in [0.15, 0.2) is 22.4 Å². The van der Waals surface area contributed by atoms with Crippen molar-refractivity contribution in [1.29, 1.82) is 0 Å². The molecule has 0 spiro atoms. The number of carboxylic acid groups (broad SMARTS) is 1. The van der Waals surface area contributed by atoms with Gasteiger partial charge in [0.2, 0.25) is 0 Å². The van der Waals surface area contributed by atoms with Crippen molar-refractivity contribution in [3.8, 4) is 0 Å². The summed E-state index contributed by atoms with van der Waals surface area (Å²) in [7, 11) is -3.96. The number of aliphatic hydroxyl groups excluding tert-OH is 1. The summed E-state index contributed by atoms with van der Waals surface area (Å²) in [6, 6.07) is 0. The fraction of sp³-hybridized carbons (Fsp3) is 0.879. The van der Waals surface area contributed by atoms with Crippen molar-refractivity contribution in [3.05, 3.63) is 11.8 Å². The molecule has 0 aromatic rings. The molecule has 0 radical (unpaired) electrons. The summed E-state index contributed by atoms with van der Waals surface area (Å²) in [5, 5.41) is 22.4. The normalized spacial score (nSPS) is 35.8. The first-order valence-electron chi connectivity index (χ1n) is 16.2. The number of amides is 1. The Bertz CT molecular complexity index is 1040. The number of hydrogen-bond acceptors (Lipinski definition) is 5. The van der Waals surface area contributed by atoms with E-state index in [0.29, 0.717) is 25.1 Å². The molecule has 242 valence electrons. The third kappa shape index (κ3) is 6.74. The highest BCUT2D eigenvalue weighted by Crippen LogP contribution is 2.62. The summed E-state index contributed by atoms with van der Waals surface area (Å²) >= 11 is 0. The summed E-state index contributed by atoms with van der Waals surface area (Å²) in [4.78, 5) is 25.1. The Morgan fingerprint density at radius 2 is 1.60 bits per heavy atom. The Balaban J connectivity index is 2.00. The molecule has 0 unspecified atom stereocenters. The molecule has 1 amide bonds. The highest BCUT2D eigenvalue weighted by Gasteiger charge is 2.60. The maximum absolute atomic E-state index is 13.4. The molecule has 0 aromatic carbocycles. The quantitative estimate of drug-likeness (QED) is 0.142. The number of Topliss-reactive ketones (excluding diaryl/α,β-unsaturated/α-hetero) is 1. The molecule has 0 bridgehead atoms. The molecule has 3 N–H and O–H groups in total. The van der Waals surface area contributed by atoms with Gasteiger partial charge in [-0.3, -0.25) is 4.79 Å². The van der Waals surface area contributed by atoms with E-state index in [9.17, 15) is 19.8 Å². The van der Waals surface area contributed by atoms with E-state index >= 15 is 0 Å².